The van der Waals surface area contributed by atoms with E-state index in [0.717, 1.165) is 29.1 Å². The summed E-state index contributed by atoms with van der Waals surface area (Å²) in [4.78, 5) is 12.6. The second-order valence-corrected chi connectivity index (χ2v) is 6.14. The summed E-state index contributed by atoms with van der Waals surface area (Å²) in [5.41, 5.74) is 13.4. The van der Waals surface area contributed by atoms with Gasteiger partial charge in [0.15, 0.2) is 0 Å². The van der Waals surface area contributed by atoms with E-state index in [1.165, 1.54) is 16.7 Å². The van der Waals surface area contributed by atoms with Crippen LogP contribution in [-0.2, 0) is 19.6 Å². The van der Waals surface area contributed by atoms with Gasteiger partial charge < -0.3 is 15.6 Å². The molecule has 4 nitrogen and oxygen atoms in total. The van der Waals surface area contributed by atoms with E-state index in [4.69, 9.17) is 5.73 Å². The van der Waals surface area contributed by atoms with Crippen molar-refractivity contribution in [3.63, 3.8) is 0 Å². The number of carbonyl (C=O) groups excluding carboxylic acids is 1. The maximum absolute atomic E-state index is 12.6. The first-order chi connectivity index (χ1) is 10.9. The number of benzene rings is 1. The van der Waals surface area contributed by atoms with Gasteiger partial charge in [-0.3, -0.25) is 4.79 Å². The van der Waals surface area contributed by atoms with E-state index in [9.17, 15) is 4.79 Å². The van der Waals surface area contributed by atoms with E-state index in [-0.39, 0.29) is 5.91 Å². The lowest BCUT2D eigenvalue weighted by Crippen LogP contribution is -2.26. The number of carbonyl (C=O) groups is 1. The molecule has 1 aromatic heterocycles. The van der Waals surface area contributed by atoms with Crippen LogP contribution < -0.4 is 11.1 Å². The minimum Gasteiger partial charge on any atom is -0.347 e. The lowest BCUT2D eigenvalue weighted by molar-refractivity contribution is 0.0941. The summed E-state index contributed by atoms with van der Waals surface area (Å²) >= 11 is 0. The summed E-state index contributed by atoms with van der Waals surface area (Å²) in [5.74, 6) is -0.0234. The van der Waals surface area contributed by atoms with Crippen molar-refractivity contribution in [3.8, 4) is 0 Å². The van der Waals surface area contributed by atoms with Gasteiger partial charge in [0, 0.05) is 25.3 Å². The standard InChI is InChI=1S/C19H27N3O/c1-6-22-15(5)12(2)9-18(22)19(23)21-11-17-13(3)7-16(10-20)8-14(17)4/h7-9H,6,10-11,20H2,1-5H3,(H,21,23). The molecular weight excluding hydrogens is 286 g/mol. The molecule has 0 atom stereocenters. The van der Waals surface area contributed by atoms with Gasteiger partial charge >= 0.3 is 0 Å². The molecule has 124 valence electrons. The van der Waals surface area contributed by atoms with Gasteiger partial charge in [-0.1, -0.05) is 12.1 Å². The summed E-state index contributed by atoms with van der Waals surface area (Å²) in [7, 11) is 0. The number of aromatic nitrogens is 1. The van der Waals surface area contributed by atoms with Crippen molar-refractivity contribution < 1.29 is 4.79 Å². The van der Waals surface area contributed by atoms with Gasteiger partial charge in [-0.15, -0.1) is 0 Å². The summed E-state index contributed by atoms with van der Waals surface area (Å²) in [6, 6.07) is 6.15. The number of rotatable bonds is 5. The molecule has 0 spiro atoms. The molecule has 3 N–H and O–H groups in total. The third-order valence-corrected chi connectivity index (χ3v) is 4.59. The van der Waals surface area contributed by atoms with Crippen LogP contribution in [0.5, 0.6) is 0 Å². The molecule has 23 heavy (non-hydrogen) atoms. The quantitative estimate of drug-likeness (QED) is 0.891. The predicted octanol–water partition coefficient (Wildman–Crippen LogP) is 3.13. The fourth-order valence-corrected chi connectivity index (χ4v) is 3.12. The number of hydrogen-bond acceptors (Lipinski definition) is 2. The molecule has 2 rings (SSSR count). The van der Waals surface area contributed by atoms with Gasteiger partial charge in [0.2, 0.25) is 0 Å². The molecule has 4 heteroatoms. The topological polar surface area (TPSA) is 60.0 Å². The molecule has 2 aromatic rings. The lowest BCUT2D eigenvalue weighted by atomic mass is 9.99. The van der Waals surface area contributed by atoms with Crippen LogP contribution >= 0.6 is 0 Å². The second kappa shape index (κ2) is 7.01. The fourth-order valence-electron chi connectivity index (χ4n) is 3.12. The zero-order valence-electron chi connectivity index (χ0n) is 14.8. The van der Waals surface area contributed by atoms with Gasteiger partial charge in [-0.05, 0) is 68.5 Å². The maximum Gasteiger partial charge on any atom is 0.268 e. The first-order valence-electron chi connectivity index (χ1n) is 8.13. The molecular formula is C19H27N3O. The highest BCUT2D eigenvalue weighted by atomic mass is 16.1. The molecule has 0 aliphatic carbocycles. The van der Waals surface area contributed by atoms with Crippen molar-refractivity contribution in [2.24, 2.45) is 5.73 Å². The smallest absolute Gasteiger partial charge is 0.268 e. The molecule has 0 radical (unpaired) electrons. The van der Waals surface area contributed by atoms with Crippen LogP contribution in [0.4, 0.5) is 0 Å². The van der Waals surface area contributed by atoms with Crippen molar-refractivity contribution in [1.82, 2.24) is 9.88 Å². The molecule has 0 saturated heterocycles. The summed E-state index contributed by atoms with van der Waals surface area (Å²) in [5, 5.41) is 3.06. The van der Waals surface area contributed by atoms with E-state index in [0.29, 0.717) is 13.1 Å². The van der Waals surface area contributed by atoms with Gasteiger partial charge in [0.05, 0.1) is 0 Å². The van der Waals surface area contributed by atoms with E-state index < -0.39 is 0 Å². The van der Waals surface area contributed by atoms with Crippen LogP contribution in [0.3, 0.4) is 0 Å². The van der Waals surface area contributed by atoms with Gasteiger partial charge in [-0.25, -0.2) is 0 Å². The first kappa shape index (κ1) is 17.3. The normalized spacial score (nSPS) is 10.9. The third kappa shape index (κ3) is 3.48. The fraction of sp³-hybridized carbons (Fsp3) is 0.421. The largest absolute Gasteiger partial charge is 0.347 e. The Labute approximate surface area is 138 Å². The SMILES string of the molecule is CCn1c(C(=O)NCc2c(C)cc(CN)cc2C)cc(C)c1C. The number of nitrogens with zero attached hydrogens (tertiary/aromatic N) is 1. The molecule has 1 amide bonds. The van der Waals surface area contributed by atoms with Crippen LogP contribution in [0.25, 0.3) is 0 Å². The highest BCUT2D eigenvalue weighted by molar-refractivity contribution is 5.93. The van der Waals surface area contributed by atoms with Crippen molar-refractivity contribution in [2.75, 3.05) is 0 Å². The number of hydrogen-bond donors (Lipinski definition) is 2. The van der Waals surface area contributed by atoms with E-state index in [1.807, 2.05) is 13.0 Å². The maximum atomic E-state index is 12.6. The highest BCUT2D eigenvalue weighted by Crippen LogP contribution is 2.18. The van der Waals surface area contributed by atoms with Gasteiger partial charge in [0.25, 0.3) is 5.91 Å². The molecule has 0 fully saturated rings. The van der Waals surface area contributed by atoms with E-state index >= 15 is 0 Å². The van der Waals surface area contributed by atoms with Gasteiger partial charge in [0.1, 0.15) is 5.69 Å². The van der Waals surface area contributed by atoms with Crippen molar-refractivity contribution in [2.45, 2.75) is 54.3 Å². The minimum atomic E-state index is -0.0234. The van der Waals surface area contributed by atoms with Crippen molar-refractivity contribution in [1.29, 1.82) is 0 Å². The molecule has 0 unspecified atom stereocenters. The molecule has 0 saturated carbocycles. The number of amides is 1. The molecule has 0 aliphatic rings. The van der Waals surface area contributed by atoms with Crippen LogP contribution in [0.1, 0.15) is 50.9 Å². The van der Waals surface area contributed by atoms with Crippen LogP contribution in [0.2, 0.25) is 0 Å². The first-order valence-corrected chi connectivity index (χ1v) is 8.13. The Morgan fingerprint density at radius 1 is 1.09 bits per heavy atom. The number of nitrogens with one attached hydrogen (secondary N) is 1. The van der Waals surface area contributed by atoms with E-state index in [1.54, 1.807) is 0 Å². The van der Waals surface area contributed by atoms with Crippen LogP contribution in [-0.4, -0.2) is 10.5 Å². The molecule has 1 aromatic carbocycles. The zero-order chi connectivity index (χ0) is 17.1. The van der Waals surface area contributed by atoms with Crippen LogP contribution in [0, 0.1) is 27.7 Å². The second-order valence-electron chi connectivity index (χ2n) is 6.14. The molecule has 0 bridgehead atoms. The number of aryl methyl sites for hydroxylation is 3. The Balaban J connectivity index is 2.19. The van der Waals surface area contributed by atoms with Crippen LogP contribution in [0.15, 0.2) is 18.2 Å². The zero-order valence-corrected chi connectivity index (χ0v) is 14.8. The van der Waals surface area contributed by atoms with Crippen molar-refractivity contribution >= 4 is 5.91 Å². The summed E-state index contributed by atoms with van der Waals surface area (Å²) in [6.07, 6.45) is 0. The summed E-state index contributed by atoms with van der Waals surface area (Å²) in [6.45, 7) is 12.2. The third-order valence-electron chi connectivity index (χ3n) is 4.59. The Morgan fingerprint density at radius 2 is 1.70 bits per heavy atom. The Morgan fingerprint density at radius 3 is 2.22 bits per heavy atom. The number of nitrogens with two attached hydrogens (primary N) is 1. The molecule has 1 heterocycles. The average molecular weight is 313 g/mol. The average Bonchev–Trinajstić information content (AvgIpc) is 2.81. The summed E-state index contributed by atoms with van der Waals surface area (Å²) < 4.78 is 2.06. The van der Waals surface area contributed by atoms with Gasteiger partial charge in [-0.2, -0.15) is 0 Å². The minimum absolute atomic E-state index is 0.0234. The Bertz CT molecular complexity index is 705. The lowest BCUT2D eigenvalue weighted by Gasteiger charge is -2.14. The Kier molecular flexibility index (Phi) is 5.26. The Hall–Kier alpha value is -2.07. The molecule has 0 aliphatic heterocycles. The van der Waals surface area contributed by atoms with E-state index in [2.05, 4.69) is 49.7 Å². The predicted molar refractivity (Wildman–Crippen MR) is 94.6 cm³/mol. The highest BCUT2D eigenvalue weighted by Gasteiger charge is 2.15. The van der Waals surface area contributed by atoms with Crippen molar-refractivity contribution in [3.05, 3.63) is 57.4 Å². The monoisotopic (exact) mass is 313 g/mol.